The predicted molar refractivity (Wildman–Crippen MR) is 48.4 cm³/mol. The summed E-state index contributed by atoms with van der Waals surface area (Å²) in [6.45, 7) is 8.75. The zero-order valence-corrected chi connectivity index (χ0v) is 8.10. The minimum atomic E-state index is 0.228. The van der Waals surface area contributed by atoms with E-state index in [2.05, 4.69) is 32.8 Å². The van der Waals surface area contributed by atoms with Crippen LogP contribution in [0.5, 0.6) is 0 Å². The molecule has 1 heterocycles. The lowest BCUT2D eigenvalue weighted by Crippen LogP contribution is -2.19. The minimum absolute atomic E-state index is 0.228. The Morgan fingerprint density at radius 1 is 1.36 bits per heavy atom. The number of nitrogens with zero attached hydrogens (tertiary/aromatic N) is 2. The molecule has 2 heteroatoms. The summed E-state index contributed by atoms with van der Waals surface area (Å²) >= 11 is 0. The van der Waals surface area contributed by atoms with Crippen LogP contribution >= 0.6 is 0 Å². The van der Waals surface area contributed by atoms with Gasteiger partial charge in [0.1, 0.15) is 5.71 Å². The fourth-order valence-corrected chi connectivity index (χ4v) is 1.07. The van der Waals surface area contributed by atoms with E-state index in [1.165, 1.54) is 11.4 Å². The Kier molecular flexibility index (Phi) is 1.87. The van der Waals surface area contributed by atoms with E-state index in [0.717, 1.165) is 6.42 Å². The Hall–Kier alpha value is -0.660. The molecule has 0 radical (unpaired) electrons. The summed E-state index contributed by atoms with van der Waals surface area (Å²) in [5.74, 6) is 0. The Balaban J connectivity index is 2.80. The van der Waals surface area contributed by atoms with Crippen LogP contribution in [-0.4, -0.2) is 23.2 Å². The lowest BCUT2D eigenvalue weighted by Gasteiger charge is -2.14. The maximum absolute atomic E-state index is 4.45. The van der Waals surface area contributed by atoms with E-state index < -0.39 is 0 Å². The largest absolute Gasteiger partial charge is 0.187 e. The van der Waals surface area contributed by atoms with Crippen molar-refractivity contribution in [3.05, 3.63) is 0 Å². The first-order valence-electron chi connectivity index (χ1n) is 4.05. The van der Waals surface area contributed by atoms with Crippen LogP contribution < -0.4 is 0 Å². The smallest absolute Gasteiger partial charge is 0.0952 e. The maximum atomic E-state index is 4.45. The van der Waals surface area contributed by atoms with Crippen molar-refractivity contribution in [3.8, 4) is 0 Å². The van der Waals surface area contributed by atoms with Crippen molar-refractivity contribution in [3.63, 3.8) is 0 Å². The Labute approximate surface area is 68.6 Å². The van der Waals surface area contributed by atoms with Crippen LogP contribution in [0, 0.1) is 5.41 Å². The molecule has 0 fully saturated rings. The van der Waals surface area contributed by atoms with Gasteiger partial charge in [0.2, 0.25) is 0 Å². The standard InChI is InChI=1S/C9H17N2/c1-7-6-8(9(2,3)4)10-11(7)5/h6H2,1-5H3/q+1. The average Bonchev–Trinajstić information content (AvgIpc) is 2.11. The highest BCUT2D eigenvalue weighted by Crippen LogP contribution is 2.21. The topological polar surface area (TPSA) is 15.4 Å². The molecule has 0 aromatic heterocycles. The van der Waals surface area contributed by atoms with Gasteiger partial charge in [0.15, 0.2) is 12.8 Å². The molecule has 0 unspecified atom stereocenters. The van der Waals surface area contributed by atoms with Crippen molar-refractivity contribution < 1.29 is 4.68 Å². The van der Waals surface area contributed by atoms with Crippen LogP contribution in [0.1, 0.15) is 34.1 Å². The van der Waals surface area contributed by atoms with E-state index in [4.69, 9.17) is 0 Å². The molecule has 0 aromatic carbocycles. The number of hydrogen-bond donors (Lipinski definition) is 0. The van der Waals surface area contributed by atoms with E-state index in [9.17, 15) is 0 Å². The highest BCUT2D eigenvalue weighted by molar-refractivity contribution is 6.05. The molecule has 1 aliphatic heterocycles. The Bertz CT molecular complexity index is 228. The first-order chi connectivity index (χ1) is 4.91. The molecule has 1 rings (SSSR count). The van der Waals surface area contributed by atoms with Crippen molar-refractivity contribution in [2.45, 2.75) is 34.1 Å². The van der Waals surface area contributed by atoms with Gasteiger partial charge in [-0.05, 0) is 5.10 Å². The molecular formula is C9H17N2+. The average molecular weight is 153 g/mol. The molecular weight excluding hydrogens is 136 g/mol. The second-order valence-electron chi connectivity index (χ2n) is 4.23. The summed E-state index contributed by atoms with van der Waals surface area (Å²) in [7, 11) is 2.01. The fourth-order valence-electron chi connectivity index (χ4n) is 1.07. The summed E-state index contributed by atoms with van der Waals surface area (Å²) in [5.41, 5.74) is 2.86. The molecule has 2 nitrogen and oxygen atoms in total. The van der Waals surface area contributed by atoms with Crippen molar-refractivity contribution in [1.29, 1.82) is 0 Å². The fraction of sp³-hybridized carbons (Fsp3) is 0.778. The van der Waals surface area contributed by atoms with E-state index in [0.29, 0.717) is 0 Å². The molecule has 62 valence electrons. The first-order valence-corrected chi connectivity index (χ1v) is 4.05. The molecule has 11 heavy (non-hydrogen) atoms. The first kappa shape index (κ1) is 8.44. The Morgan fingerprint density at radius 2 is 1.91 bits per heavy atom. The molecule has 1 aliphatic rings. The summed E-state index contributed by atoms with van der Waals surface area (Å²) in [4.78, 5) is 0. The minimum Gasteiger partial charge on any atom is -0.0952 e. The molecule has 0 saturated heterocycles. The SMILES string of the molecule is CC1=[N+](C)N=C(C(C)(C)C)C1. The van der Waals surface area contributed by atoms with Gasteiger partial charge in [0, 0.05) is 12.3 Å². The predicted octanol–water partition coefficient (Wildman–Crippen LogP) is 1.90. The van der Waals surface area contributed by atoms with Crippen molar-refractivity contribution in [2.75, 3.05) is 7.05 Å². The highest BCUT2D eigenvalue weighted by atomic mass is 15.4. The number of hydrogen-bond acceptors (Lipinski definition) is 1. The van der Waals surface area contributed by atoms with E-state index in [1.54, 1.807) is 0 Å². The van der Waals surface area contributed by atoms with Crippen LogP contribution in [0.3, 0.4) is 0 Å². The lowest BCUT2D eigenvalue weighted by molar-refractivity contribution is -0.500. The van der Waals surface area contributed by atoms with Crippen LogP contribution in [-0.2, 0) is 0 Å². The van der Waals surface area contributed by atoms with Crippen LogP contribution in [0.4, 0.5) is 0 Å². The van der Waals surface area contributed by atoms with Crippen LogP contribution in [0.15, 0.2) is 5.10 Å². The van der Waals surface area contributed by atoms with Gasteiger partial charge in [0.25, 0.3) is 0 Å². The highest BCUT2D eigenvalue weighted by Gasteiger charge is 2.28. The van der Waals surface area contributed by atoms with Crippen LogP contribution in [0.2, 0.25) is 0 Å². The third-order valence-electron chi connectivity index (χ3n) is 2.11. The second-order valence-corrected chi connectivity index (χ2v) is 4.23. The van der Waals surface area contributed by atoms with E-state index in [1.807, 2.05) is 11.7 Å². The molecule has 0 spiro atoms. The summed E-state index contributed by atoms with van der Waals surface area (Å²) < 4.78 is 1.97. The van der Waals surface area contributed by atoms with Crippen molar-refractivity contribution >= 4 is 11.4 Å². The third kappa shape index (κ3) is 1.67. The normalized spacial score (nSPS) is 19.2. The van der Waals surface area contributed by atoms with Gasteiger partial charge in [-0.3, -0.25) is 0 Å². The third-order valence-corrected chi connectivity index (χ3v) is 2.11. The van der Waals surface area contributed by atoms with Gasteiger partial charge in [-0.15, -0.1) is 0 Å². The zero-order valence-electron chi connectivity index (χ0n) is 8.10. The van der Waals surface area contributed by atoms with Gasteiger partial charge < -0.3 is 0 Å². The van der Waals surface area contributed by atoms with Crippen molar-refractivity contribution in [1.82, 2.24) is 0 Å². The van der Waals surface area contributed by atoms with Gasteiger partial charge in [0.05, 0.1) is 6.42 Å². The van der Waals surface area contributed by atoms with Gasteiger partial charge >= 0.3 is 0 Å². The summed E-state index contributed by atoms with van der Waals surface area (Å²) in [5, 5.41) is 4.45. The summed E-state index contributed by atoms with van der Waals surface area (Å²) in [6.07, 6.45) is 1.04. The van der Waals surface area contributed by atoms with E-state index >= 15 is 0 Å². The van der Waals surface area contributed by atoms with Crippen LogP contribution in [0.25, 0.3) is 0 Å². The Morgan fingerprint density at radius 3 is 2.09 bits per heavy atom. The monoisotopic (exact) mass is 153 g/mol. The quantitative estimate of drug-likeness (QED) is 0.472. The maximum Gasteiger partial charge on any atom is 0.187 e. The zero-order chi connectivity index (χ0) is 8.65. The van der Waals surface area contributed by atoms with Gasteiger partial charge in [-0.2, -0.15) is 0 Å². The molecule has 0 saturated carbocycles. The second kappa shape index (κ2) is 2.43. The molecule has 0 atom stereocenters. The van der Waals surface area contributed by atoms with Gasteiger partial charge in [-0.1, -0.05) is 25.5 Å². The molecule has 0 bridgehead atoms. The number of rotatable bonds is 0. The molecule has 0 N–H and O–H groups in total. The summed E-state index contributed by atoms with van der Waals surface area (Å²) in [6, 6.07) is 0. The lowest BCUT2D eigenvalue weighted by atomic mass is 9.87. The van der Waals surface area contributed by atoms with Gasteiger partial charge in [-0.25, -0.2) is 0 Å². The van der Waals surface area contributed by atoms with Crippen molar-refractivity contribution in [2.24, 2.45) is 10.5 Å². The van der Waals surface area contributed by atoms with E-state index in [-0.39, 0.29) is 5.41 Å². The molecule has 0 aromatic rings. The molecule has 0 aliphatic carbocycles. The molecule has 0 amide bonds. The number of hydrazone groups is 1.